The average molecular weight is 394 g/mol. The van der Waals surface area contributed by atoms with Gasteiger partial charge in [0.05, 0.1) is 17.3 Å². The highest BCUT2D eigenvalue weighted by Crippen LogP contribution is 2.32. The van der Waals surface area contributed by atoms with Crippen molar-refractivity contribution in [3.8, 4) is 0 Å². The summed E-state index contributed by atoms with van der Waals surface area (Å²) in [7, 11) is 1.78. The first-order valence-electron chi connectivity index (χ1n) is 9.59. The predicted molar refractivity (Wildman–Crippen MR) is 112 cm³/mol. The molecule has 4 rings (SSSR count). The van der Waals surface area contributed by atoms with Crippen molar-refractivity contribution in [2.24, 2.45) is 0 Å². The first-order valence-corrected chi connectivity index (χ1v) is 9.59. The van der Waals surface area contributed by atoms with E-state index in [0.29, 0.717) is 30.0 Å². The molecular weight excluding hydrogens is 371 g/mol. The van der Waals surface area contributed by atoms with Crippen LogP contribution in [-0.2, 0) is 9.59 Å². The number of nitrogens with one attached hydrogen (secondary N) is 2. The smallest absolute Gasteiger partial charge is 0.257 e. The molecule has 1 saturated heterocycles. The topological polar surface area (TPSA) is 64.7 Å². The van der Waals surface area contributed by atoms with Gasteiger partial charge < -0.3 is 20.4 Å². The van der Waals surface area contributed by atoms with E-state index in [1.54, 1.807) is 37.2 Å². The Kier molecular flexibility index (Phi) is 4.96. The van der Waals surface area contributed by atoms with E-state index >= 15 is 0 Å². The number of benzene rings is 2. The molecule has 2 amide bonds. The van der Waals surface area contributed by atoms with Crippen LogP contribution >= 0.6 is 0 Å². The number of hydrogen-bond donors (Lipinski definition) is 2. The van der Waals surface area contributed by atoms with Crippen molar-refractivity contribution >= 4 is 34.4 Å². The number of amides is 2. The summed E-state index contributed by atoms with van der Waals surface area (Å²) in [5.41, 5.74) is 3.19. The molecule has 6 nitrogen and oxygen atoms in total. The van der Waals surface area contributed by atoms with E-state index in [0.717, 1.165) is 17.7 Å². The molecule has 0 spiro atoms. The van der Waals surface area contributed by atoms with Crippen LogP contribution < -0.4 is 15.5 Å². The molecule has 7 heteroatoms. The van der Waals surface area contributed by atoms with E-state index in [1.807, 2.05) is 29.2 Å². The van der Waals surface area contributed by atoms with Crippen LogP contribution in [0.5, 0.6) is 0 Å². The van der Waals surface area contributed by atoms with Gasteiger partial charge in [-0.2, -0.15) is 0 Å². The average Bonchev–Trinajstić information content (AvgIpc) is 3.30. The van der Waals surface area contributed by atoms with Crippen LogP contribution in [0, 0.1) is 5.82 Å². The summed E-state index contributed by atoms with van der Waals surface area (Å²) >= 11 is 0. The van der Waals surface area contributed by atoms with Gasteiger partial charge in [0.2, 0.25) is 5.91 Å². The summed E-state index contributed by atoms with van der Waals surface area (Å²) in [4.78, 5) is 27.4. The lowest BCUT2D eigenvalue weighted by Gasteiger charge is -2.24. The van der Waals surface area contributed by atoms with Crippen molar-refractivity contribution in [3.63, 3.8) is 0 Å². The molecule has 29 heavy (non-hydrogen) atoms. The zero-order chi connectivity index (χ0) is 20.5. The maximum atomic E-state index is 14.7. The van der Waals surface area contributed by atoms with Gasteiger partial charge in [0.1, 0.15) is 5.82 Å². The van der Waals surface area contributed by atoms with Crippen LogP contribution in [-0.4, -0.2) is 42.9 Å². The molecular formula is C22H23FN4O2. The third kappa shape index (κ3) is 3.68. The molecule has 0 radical (unpaired) electrons. The van der Waals surface area contributed by atoms with E-state index in [4.69, 9.17) is 0 Å². The molecule has 1 atom stereocenters. The fraction of sp³-hybridized carbons (Fsp3) is 0.273. The minimum absolute atomic E-state index is 0.0161. The molecule has 0 aliphatic carbocycles. The Hall–Kier alpha value is -3.35. The molecule has 2 aliphatic rings. The van der Waals surface area contributed by atoms with Gasteiger partial charge in [-0.25, -0.2) is 4.39 Å². The molecule has 2 aromatic carbocycles. The van der Waals surface area contributed by atoms with E-state index in [-0.39, 0.29) is 23.7 Å². The number of halogens is 1. The van der Waals surface area contributed by atoms with Crippen molar-refractivity contribution < 1.29 is 14.0 Å². The third-order valence-electron chi connectivity index (χ3n) is 5.59. The molecule has 1 unspecified atom stereocenters. The van der Waals surface area contributed by atoms with Gasteiger partial charge in [-0.1, -0.05) is 18.2 Å². The normalized spacial score (nSPS) is 19.3. The summed E-state index contributed by atoms with van der Waals surface area (Å²) in [6, 6.07) is 12.5. The molecule has 2 aliphatic heterocycles. The van der Waals surface area contributed by atoms with Gasteiger partial charge in [0.25, 0.3) is 5.91 Å². The lowest BCUT2D eigenvalue weighted by molar-refractivity contribution is -0.129. The number of carbonyl (C=O) groups excluding carboxylic acids is 2. The van der Waals surface area contributed by atoms with Crippen molar-refractivity contribution in [1.82, 2.24) is 4.90 Å². The number of anilines is 3. The second kappa shape index (κ2) is 7.58. The molecule has 0 bridgehead atoms. The molecule has 150 valence electrons. The number of para-hydroxylation sites is 1. The quantitative estimate of drug-likeness (QED) is 0.781. The first kappa shape index (κ1) is 19.0. The predicted octanol–water partition coefficient (Wildman–Crippen LogP) is 3.29. The zero-order valence-electron chi connectivity index (χ0n) is 16.4. The van der Waals surface area contributed by atoms with Gasteiger partial charge in [-0.05, 0) is 30.7 Å². The molecule has 2 aromatic rings. The van der Waals surface area contributed by atoms with Crippen LogP contribution in [0.15, 0.2) is 48.7 Å². The maximum Gasteiger partial charge on any atom is 0.257 e. The zero-order valence-corrected chi connectivity index (χ0v) is 16.4. The van der Waals surface area contributed by atoms with Crippen molar-refractivity contribution in [3.05, 3.63) is 60.0 Å². The lowest BCUT2D eigenvalue weighted by atomic mass is 10.1. The number of hydrogen-bond acceptors (Lipinski definition) is 4. The third-order valence-corrected chi connectivity index (χ3v) is 5.59. The maximum absolute atomic E-state index is 14.7. The highest BCUT2D eigenvalue weighted by atomic mass is 19.1. The van der Waals surface area contributed by atoms with Crippen LogP contribution in [0.1, 0.15) is 18.9 Å². The van der Waals surface area contributed by atoms with Gasteiger partial charge in [-0.15, -0.1) is 0 Å². The van der Waals surface area contributed by atoms with Gasteiger partial charge in [0.15, 0.2) is 0 Å². The number of nitrogens with zero attached hydrogens (tertiary/aromatic N) is 2. The van der Waals surface area contributed by atoms with Crippen LogP contribution in [0.3, 0.4) is 0 Å². The lowest BCUT2D eigenvalue weighted by Crippen LogP contribution is -2.37. The second-order valence-electron chi connectivity index (χ2n) is 7.39. The van der Waals surface area contributed by atoms with E-state index in [9.17, 15) is 14.0 Å². The Morgan fingerprint density at radius 2 is 2.10 bits per heavy atom. The molecule has 2 N–H and O–H groups in total. The molecule has 2 heterocycles. The minimum Gasteiger partial charge on any atom is -0.367 e. The summed E-state index contributed by atoms with van der Waals surface area (Å²) in [5.74, 6) is -0.508. The van der Waals surface area contributed by atoms with Crippen LogP contribution in [0.25, 0.3) is 5.57 Å². The Morgan fingerprint density at radius 3 is 2.86 bits per heavy atom. The van der Waals surface area contributed by atoms with Crippen molar-refractivity contribution in [2.45, 2.75) is 19.4 Å². The highest BCUT2D eigenvalue weighted by molar-refractivity contribution is 6.31. The Morgan fingerprint density at radius 1 is 1.31 bits per heavy atom. The standard InChI is InChI=1S/C22H23FN4O2/c1-14(28)26(2)16-9-10-27(13-16)21-8-7-15(11-19(21)23)24-12-18-17-5-3-4-6-20(17)25-22(18)29/h3-8,11-12,16,24H,9-10,13H2,1-2H3,(H,25,29). The first-order chi connectivity index (χ1) is 13.9. The fourth-order valence-corrected chi connectivity index (χ4v) is 3.82. The van der Waals surface area contributed by atoms with Gasteiger partial charge in [-0.3, -0.25) is 9.59 Å². The largest absolute Gasteiger partial charge is 0.367 e. The number of carbonyl (C=O) groups is 2. The van der Waals surface area contributed by atoms with Crippen molar-refractivity contribution in [1.29, 1.82) is 0 Å². The van der Waals surface area contributed by atoms with Crippen LogP contribution in [0.4, 0.5) is 21.5 Å². The minimum atomic E-state index is -0.337. The van der Waals surface area contributed by atoms with E-state index in [1.165, 1.54) is 6.07 Å². The van der Waals surface area contributed by atoms with Gasteiger partial charge >= 0.3 is 0 Å². The number of fused-ring (bicyclic) bond motifs is 1. The Bertz CT molecular complexity index is 1000. The molecule has 0 saturated carbocycles. The van der Waals surface area contributed by atoms with Crippen LogP contribution in [0.2, 0.25) is 0 Å². The van der Waals surface area contributed by atoms with Gasteiger partial charge in [0, 0.05) is 50.2 Å². The monoisotopic (exact) mass is 394 g/mol. The summed E-state index contributed by atoms with van der Waals surface area (Å²) < 4.78 is 14.7. The molecule has 0 aromatic heterocycles. The summed E-state index contributed by atoms with van der Waals surface area (Å²) in [5, 5.41) is 5.83. The second-order valence-corrected chi connectivity index (χ2v) is 7.39. The molecule has 1 fully saturated rings. The van der Waals surface area contributed by atoms with E-state index in [2.05, 4.69) is 10.6 Å². The Balaban J connectivity index is 1.47. The number of likely N-dealkylation sites (N-methyl/N-ethyl adjacent to an activating group) is 1. The summed E-state index contributed by atoms with van der Waals surface area (Å²) in [6.45, 7) is 2.86. The number of rotatable bonds is 4. The fourth-order valence-electron chi connectivity index (χ4n) is 3.82. The highest BCUT2D eigenvalue weighted by Gasteiger charge is 2.28. The Labute approximate surface area is 169 Å². The van der Waals surface area contributed by atoms with E-state index < -0.39 is 0 Å². The summed E-state index contributed by atoms with van der Waals surface area (Å²) in [6.07, 6.45) is 2.42. The van der Waals surface area contributed by atoms with Crippen molar-refractivity contribution in [2.75, 3.05) is 35.7 Å². The SMILES string of the molecule is CC(=O)N(C)C1CCN(c2ccc(NC=C3C(=O)Nc4ccccc43)cc2F)C1.